The van der Waals surface area contributed by atoms with Crippen LogP contribution in [0.3, 0.4) is 0 Å². The van der Waals surface area contributed by atoms with Gasteiger partial charge in [0.2, 0.25) is 0 Å². The van der Waals surface area contributed by atoms with Crippen LogP contribution in [0.15, 0.2) is 36.9 Å². The number of hydrogen-bond donors (Lipinski definition) is 1. The van der Waals surface area contributed by atoms with E-state index < -0.39 is 0 Å². The number of rotatable bonds is 6. The van der Waals surface area contributed by atoms with E-state index in [2.05, 4.69) is 27.2 Å². The molecule has 1 amide bonds. The third-order valence-electron chi connectivity index (χ3n) is 2.59. The van der Waals surface area contributed by atoms with Crippen LogP contribution in [0.5, 0.6) is 5.75 Å². The normalized spacial score (nSPS) is 10.1. The van der Waals surface area contributed by atoms with E-state index in [1.165, 1.54) is 4.90 Å². The summed E-state index contributed by atoms with van der Waals surface area (Å²) < 4.78 is 5.39. The van der Waals surface area contributed by atoms with Gasteiger partial charge in [-0.05, 0) is 22.9 Å². The molecule has 0 saturated carbocycles. The molecule has 1 aromatic heterocycles. The number of benzene rings is 1. The summed E-state index contributed by atoms with van der Waals surface area (Å²) >= 11 is 0. The average molecular weight is 273 g/mol. The van der Waals surface area contributed by atoms with Gasteiger partial charge >= 0.3 is 0 Å². The summed E-state index contributed by atoms with van der Waals surface area (Å²) in [4.78, 5) is 13.4. The number of hydrogen-bond acceptors (Lipinski definition) is 5. The van der Waals surface area contributed by atoms with Crippen LogP contribution in [0.2, 0.25) is 0 Å². The number of nitrogens with zero attached hydrogens (tertiary/aromatic N) is 4. The Hall–Kier alpha value is -2.70. The summed E-state index contributed by atoms with van der Waals surface area (Å²) in [6, 6.07) is 7.51. The van der Waals surface area contributed by atoms with Crippen LogP contribution < -0.4 is 4.74 Å². The Bertz CT molecular complexity index is 565. The van der Waals surface area contributed by atoms with Crippen molar-refractivity contribution in [1.82, 2.24) is 25.5 Å². The minimum absolute atomic E-state index is 0.0541. The minimum atomic E-state index is -0.286. The molecule has 20 heavy (non-hydrogen) atoms. The highest BCUT2D eigenvalue weighted by molar-refractivity contribution is 5.89. The van der Waals surface area contributed by atoms with Gasteiger partial charge in [0.1, 0.15) is 12.4 Å². The summed E-state index contributed by atoms with van der Waals surface area (Å²) in [6.07, 6.45) is 1.69. The fourth-order valence-electron chi connectivity index (χ4n) is 1.62. The molecule has 0 saturated heterocycles. The van der Waals surface area contributed by atoms with E-state index in [-0.39, 0.29) is 11.7 Å². The molecule has 0 bridgehead atoms. The number of carbonyl (C=O) groups excluding carboxylic acids is 1. The molecule has 0 atom stereocenters. The van der Waals surface area contributed by atoms with Gasteiger partial charge in [-0.15, -0.1) is 10.2 Å². The van der Waals surface area contributed by atoms with Crippen molar-refractivity contribution in [3.63, 3.8) is 0 Å². The predicted octanol–water partition coefficient (Wildman–Crippen LogP) is 1.04. The van der Waals surface area contributed by atoms with Gasteiger partial charge in [-0.3, -0.25) is 4.79 Å². The van der Waals surface area contributed by atoms with Crippen LogP contribution in [0, 0.1) is 0 Å². The fourth-order valence-corrected chi connectivity index (χ4v) is 1.62. The third kappa shape index (κ3) is 3.41. The summed E-state index contributed by atoms with van der Waals surface area (Å²) in [6.45, 7) is 4.51. The number of H-pyrrole nitrogens is 1. The molecule has 2 rings (SSSR count). The molecule has 0 aliphatic carbocycles. The Morgan fingerprint density at radius 3 is 2.80 bits per heavy atom. The predicted molar refractivity (Wildman–Crippen MR) is 72.1 cm³/mol. The second-order valence-corrected chi connectivity index (χ2v) is 4.14. The van der Waals surface area contributed by atoms with Crippen molar-refractivity contribution in [2.24, 2.45) is 0 Å². The number of nitrogens with one attached hydrogen (secondary N) is 1. The molecule has 0 fully saturated rings. The van der Waals surface area contributed by atoms with Gasteiger partial charge in [0.15, 0.2) is 0 Å². The molecule has 0 aliphatic rings. The highest BCUT2D eigenvalue weighted by Gasteiger charge is 2.16. The minimum Gasteiger partial charge on any atom is -0.490 e. The first-order chi connectivity index (χ1) is 9.70. The lowest BCUT2D eigenvalue weighted by Crippen LogP contribution is -2.27. The molecular weight excluding hydrogens is 258 g/mol. The van der Waals surface area contributed by atoms with E-state index in [1.54, 1.807) is 13.1 Å². The summed E-state index contributed by atoms with van der Waals surface area (Å²) in [5.41, 5.74) is 0.982. The quantitative estimate of drug-likeness (QED) is 0.795. The molecule has 0 aliphatic heterocycles. The topological polar surface area (TPSA) is 84.0 Å². The molecule has 1 heterocycles. The molecule has 1 aromatic carbocycles. The second kappa shape index (κ2) is 6.46. The van der Waals surface area contributed by atoms with Gasteiger partial charge in [0.25, 0.3) is 11.7 Å². The van der Waals surface area contributed by atoms with Crippen molar-refractivity contribution in [3.8, 4) is 5.75 Å². The van der Waals surface area contributed by atoms with Crippen molar-refractivity contribution in [2.45, 2.75) is 6.54 Å². The molecule has 2 aromatic rings. The van der Waals surface area contributed by atoms with E-state index in [0.29, 0.717) is 13.2 Å². The Kier molecular flexibility index (Phi) is 4.43. The molecular formula is C13H15N5O2. The standard InChI is InChI=1S/C13H15N5O2/c1-3-8-20-11-6-4-10(5-7-11)9-18(2)13(19)12-14-16-17-15-12/h3-7H,1,8-9H2,2H3,(H,14,15,16,17). The second-order valence-electron chi connectivity index (χ2n) is 4.14. The van der Waals surface area contributed by atoms with Gasteiger partial charge in [0.05, 0.1) is 0 Å². The lowest BCUT2D eigenvalue weighted by atomic mass is 10.2. The van der Waals surface area contributed by atoms with Crippen molar-refractivity contribution < 1.29 is 9.53 Å². The molecule has 0 unspecified atom stereocenters. The Morgan fingerprint density at radius 1 is 1.45 bits per heavy atom. The Morgan fingerprint density at radius 2 is 2.20 bits per heavy atom. The molecule has 7 heteroatoms. The van der Waals surface area contributed by atoms with Crippen LogP contribution in [-0.2, 0) is 6.54 Å². The van der Waals surface area contributed by atoms with Crippen molar-refractivity contribution in [1.29, 1.82) is 0 Å². The van der Waals surface area contributed by atoms with Crippen LogP contribution in [0.1, 0.15) is 16.2 Å². The van der Waals surface area contributed by atoms with Crippen LogP contribution in [-0.4, -0.2) is 45.1 Å². The van der Waals surface area contributed by atoms with E-state index >= 15 is 0 Å². The molecule has 0 radical (unpaired) electrons. The monoisotopic (exact) mass is 273 g/mol. The van der Waals surface area contributed by atoms with Crippen molar-refractivity contribution >= 4 is 5.91 Å². The highest BCUT2D eigenvalue weighted by Crippen LogP contribution is 2.13. The zero-order valence-corrected chi connectivity index (χ0v) is 11.1. The zero-order chi connectivity index (χ0) is 14.4. The summed E-state index contributed by atoms with van der Waals surface area (Å²) in [7, 11) is 1.68. The Labute approximate surface area is 116 Å². The van der Waals surface area contributed by atoms with Crippen molar-refractivity contribution in [3.05, 3.63) is 48.3 Å². The number of ether oxygens (including phenoxy) is 1. The molecule has 104 valence electrons. The van der Waals surface area contributed by atoms with Crippen LogP contribution in [0.4, 0.5) is 0 Å². The first-order valence-corrected chi connectivity index (χ1v) is 6.02. The SMILES string of the molecule is C=CCOc1ccc(CN(C)C(=O)c2nn[nH]n2)cc1. The lowest BCUT2D eigenvalue weighted by molar-refractivity contribution is 0.0773. The smallest absolute Gasteiger partial charge is 0.295 e. The number of aromatic amines is 1. The van der Waals surface area contributed by atoms with Crippen molar-refractivity contribution in [2.75, 3.05) is 13.7 Å². The van der Waals surface area contributed by atoms with E-state index in [1.807, 2.05) is 24.3 Å². The average Bonchev–Trinajstić information content (AvgIpc) is 3.00. The highest BCUT2D eigenvalue weighted by atomic mass is 16.5. The molecule has 0 spiro atoms. The van der Waals surface area contributed by atoms with E-state index in [0.717, 1.165) is 11.3 Å². The first kappa shape index (κ1) is 13.7. The van der Waals surface area contributed by atoms with Gasteiger partial charge in [-0.1, -0.05) is 24.8 Å². The van der Waals surface area contributed by atoms with Gasteiger partial charge in [-0.2, -0.15) is 5.21 Å². The molecule has 1 N–H and O–H groups in total. The maximum atomic E-state index is 11.9. The number of carbonyl (C=O) groups is 1. The molecule has 7 nitrogen and oxygen atoms in total. The van der Waals surface area contributed by atoms with Gasteiger partial charge in [0, 0.05) is 13.6 Å². The lowest BCUT2D eigenvalue weighted by Gasteiger charge is -2.15. The van der Waals surface area contributed by atoms with Crippen LogP contribution in [0.25, 0.3) is 0 Å². The number of amides is 1. The summed E-state index contributed by atoms with van der Waals surface area (Å²) in [5, 5.41) is 12.9. The maximum Gasteiger partial charge on any atom is 0.295 e. The van der Waals surface area contributed by atoms with Crippen LogP contribution >= 0.6 is 0 Å². The maximum absolute atomic E-state index is 11.9. The van der Waals surface area contributed by atoms with E-state index in [9.17, 15) is 4.79 Å². The van der Waals surface area contributed by atoms with Gasteiger partial charge < -0.3 is 9.64 Å². The van der Waals surface area contributed by atoms with E-state index in [4.69, 9.17) is 4.74 Å². The largest absolute Gasteiger partial charge is 0.490 e. The summed E-state index contributed by atoms with van der Waals surface area (Å²) in [5.74, 6) is 0.532. The number of aromatic nitrogens is 4. The third-order valence-corrected chi connectivity index (χ3v) is 2.59. The number of tetrazole rings is 1. The zero-order valence-electron chi connectivity index (χ0n) is 11.1. The fraction of sp³-hybridized carbons (Fsp3) is 0.231. The van der Waals surface area contributed by atoms with Gasteiger partial charge in [-0.25, -0.2) is 0 Å². The first-order valence-electron chi connectivity index (χ1n) is 6.02. The Balaban J connectivity index is 1.95.